The van der Waals surface area contributed by atoms with Crippen molar-refractivity contribution in [3.8, 4) is 0 Å². The minimum atomic E-state index is -0.258. The van der Waals surface area contributed by atoms with Crippen molar-refractivity contribution in [1.82, 2.24) is 10.3 Å². The summed E-state index contributed by atoms with van der Waals surface area (Å²) in [5.41, 5.74) is 1.68. The average Bonchev–Trinajstić information content (AvgIpc) is 2.51. The number of amides is 2. The molecule has 118 valence electrons. The third-order valence-corrected chi connectivity index (χ3v) is 3.46. The lowest BCUT2D eigenvalue weighted by atomic mass is 10.0. The molecule has 1 aromatic carbocycles. The van der Waals surface area contributed by atoms with Crippen molar-refractivity contribution in [1.29, 1.82) is 0 Å². The summed E-state index contributed by atoms with van der Waals surface area (Å²) in [5, 5.41) is 8.83. The van der Waals surface area contributed by atoms with Crippen molar-refractivity contribution in [3.05, 3.63) is 34.9 Å². The van der Waals surface area contributed by atoms with E-state index >= 15 is 0 Å². The number of hydrazone groups is 1. The van der Waals surface area contributed by atoms with Crippen LogP contribution < -0.4 is 5.32 Å². The number of rotatable bonds is 6. The van der Waals surface area contributed by atoms with Gasteiger partial charge in [0.25, 0.3) is 0 Å². The van der Waals surface area contributed by atoms with Crippen molar-refractivity contribution >= 4 is 29.1 Å². The normalized spacial score (nSPS) is 14.7. The molecule has 1 N–H and O–H groups in total. The number of hydrogen-bond acceptors (Lipinski definition) is 4. The van der Waals surface area contributed by atoms with Crippen LogP contribution in [0.1, 0.15) is 18.4 Å². The first-order valence-electron chi connectivity index (χ1n) is 6.99. The van der Waals surface area contributed by atoms with E-state index in [1.807, 2.05) is 12.1 Å². The topological polar surface area (TPSA) is 71.0 Å². The molecule has 6 nitrogen and oxygen atoms in total. The molecule has 0 spiro atoms. The molecule has 0 radical (unpaired) electrons. The summed E-state index contributed by atoms with van der Waals surface area (Å²) in [4.78, 5) is 23.7. The van der Waals surface area contributed by atoms with Crippen LogP contribution in [0.25, 0.3) is 0 Å². The smallest absolute Gasteiger partial charge is 0.243 e. The van der Waals surface area contributed by atoms with Gasteiger partial charge in [-0.15, -0.1) is 0 Å². The summed E-state index contributed by atoms with van der Waals surface area (Å²) in [7, 11) is 1.56. The molecule has 7 heteroatoms. The van der Waals surface area contributed by atoms with Gasteiger partial charge in [-0.3, -0.25) is 9.59 Å². The molecule has 1 aliphatic heterocycles. The van der Waals surface area contributed by atoms with Crippen LogP contribution in [0.2, 0.25) is 5.02 Å². The van der Waals surface area contributed by atoms with Crippen LogP contribution in [0.3, 0.4) is 0 Å². The van der Waals surface area contributed by atoms with Gasteiger partial charge in [-0.05, 0) is 17.7 Å². The van der Waals surface area contributed by atoms with E-state index in [1.165, 1.54) is 5.01 Å². The first kappa shape index (κ1) is 16.5. The Morgan fingerprint density at radius 2 is 2.09 bits per heavy atom. The van der Waals surface area contributed by atoms with E-state index < -0.39 is 0 Å². The Bertz CT molecular complexity index is 572. The van der Waals surface area contributed by atoms with Crippen molar-refractivity contribution in [2.45, 2.75) is 12.8 Å². The highest BCUT2D eigenvalue weighted by Crippen LogP contribution is 2.17. The number of halogens is 1. The third-order valence-electron chi connectivity index (χ3n) is 3.20. The molecule has 0 aromatic heterocycles. The second-order valence-corrected chi connectivity index (χ2v) is 5.28. The van der Waals surface area contributed by atoms with Crippen LogP contribution in [0.5, 0.6) is 0 Å². The van der Waals surface area contributed by atoms with Crippen LogP contribution in [-0.2, 0) is 14.3 Å². The quantitative estimate of drug-likeness (QED) is 0.805. The molecule has 0 atom stereocenters. The lowest BCUT2D eigenvalue weighted by Crippen LogP contribution is -2.41. The molecule has 1 aliphatic rings. The fraction of sp³-hybridized carbons (Fsp3) is 0.400. The zero-order valence-corrected chi connectivity index (χ0v) is 13.1. The molecule has 0 unspecified atom stereocenters. The van der Waals surface area contributed by atoms with E-state index in [4.69, 9.17) is 16.3 Å². The SMILES string of the molecule is COCCNC(=O)CN1N=C(c2ccc(Cl)cc2)CCC1=O. The number of hydrogen-bond donors (Lipinski definition) is 1. The lowest BCUT2D eigenvalue weighted by molar-refractivity contribution is -0.136. The van der Waals surface area contributed by atoms with E-state index in [9.17, 15) is 9.59 Å². The summed E-state index contributed by atoms with van der Waals surface area (Å²) in [5.74, 6) is -0.411. The molecule has 0 saturated carbocycles. The maximum Gasteiger partial charge on any atom is 0.243 e. The van der Waals surface area contributed by atoms with Crippen LogP contribution in [0, 0.1) is 0 Å². The summed E-state index contributed by atoms with van der Waals surface area (Å²) in [6.07, 6.45) is 0.898. The molecule has 2 rings (SSSR count). The Morgan fingerprint density at radius 1 is 1.36 bits per heavy atom. The Kier molecular flexibility index (Phi) is 5.91. The van der Waals surface area contributed by atoms with E-state index in [0.29, 0.717) is 31.0 Å². The molecule has 0 aliphatic carbocycles. The van der Waals surface area contributed by atoms with Gasteiger partial charge in [0, 0.05) is 31.5 Å². The highest BCUT2D eigenvalue weighted by Gasteiger charge is 2.23. The standard InChI is InChI=1S/C15H18ClN3O3/c1-22-9-8-17-14(20)10-19-15(21)7-6-13(18-19)11-2-4-12(16)5-3-11/h2-5H,6-10H2,1H3,(H,17,20). The van der Waals surface area contributed by atoms with Crippen molar-refractivity contribution in [2.75, 3.05) is 26.8 Å². The fourth-order valence-electron chi connectivity index (χ4n) is 2.06. The molecule has 1 heterocycles. The van der Waals surface area contributed by atoms with Gasteiger partial charge in [0.05, 0.1) is 12.3 Å². The van der Waals surface area contributed by atoms with Crippen LogP contribution in [-0.4, -0.2) is 49.3 Å². The van der Waals surface area contributed by atoms with E-state index in [-0.39, 0.29) is 18.4 Å². The number of nitrogens with one attached hydrogen (secondary N) is 1. The van der Waals surface area contributed by atoms with Crippen molar-refractivity contribution < 1.29 is 14.3 Å². The largest absolute Gasteiger partial charge is 0.383 e. The third kappa shape index (κ3) is 4.54. The molecule has 22 heavy (non-hydrogen) atoms. The summed E-state index contributed by atoms with van der Waals surface area (Å²) in [6.45, 7) is 0.754. The minimum absolute atomic E-state index is 0.0837. The first-order chi connectivity index (χ1) is 10.6. The number of nitrogens with zero attached hydrogens (tertiary/aromatic N) is 2. The Morgan fingerprint density at radius 3 is 2.77 bits per heavy atom. The van der Waals surface area contributed by atoms with Crippen molar-refractivity contribution in [3.63, 3.8) is 0 Å². The molecular weight excluding hydrogens is 306 g/mol. The maximum absolute atomic E-state index is 11.9. The van der Waals surface area contributed by atoms with Gasteiger partial charge >= 0.3 is 0 Å². The number of benzene rings is 1. The molecule has 2 amide bonds. The molecular formula is C15H18ClN3O3. The Hall–Kier alpha value is -1.92. The van der Waals surface area contributed by atoms with Gasteiger partial charge in [0.1, 0.15) is 6.54 Å². The van der Waals surface area contributed by atoms with E-state index in [2.05, 4.69) is 10.4 Å². The zero-order chi connectivity index (χ0) is 15.9. The van der Waals surface area contributed by atoms with Gasteiger partial charge in [0.2, 0.25) is 11.8 Å². The van der Waals surface area contributed by atoms with Gasteiger partial charge in [0.15, 0.2) is 0 Å². The maximum atomic E-state index is 11.9. The average molecular weight is 324 g/mol. The minimum Gasteiger partial charge on any atom is -0.383 e. The van der Waals surface area contributed by atoms with Gasteiger partial charge < -0.3 is 10.1 Å². The highest BCUT2D eigenvalue weighted by atomic mass is 35.5. The predicted molar refractivity (Wildman–Crippen MR) is 83.8 cm³/mol. The Balaban J connectivity index is 2.03. The summed E-state index contributed by atoms with van der Waals surface area (Å²) >= 11 is 5.86. The monoisotopic (exact) mass is 323 g/mol. The fourth-order valence-corrected chi connectivity index (χ4v) is 2.18. The number of methoxy groups -OCH3 is 1. The Labute approximate surface area is 134 Å². The predicted octanol–water partition coefficient (Wildman–Crippen LogP) is 1.43. The van der Waals surface area contributed by atoms with Crippen LogP contribution in [0.4, 0.5) is 0 Å². The zero-order valence-electron chi connectivity index (χ0n) is 12.3. The summed E-state index contributed by atoms with van der Waals surface area (Å²) < 4.78 is 4.85. The van der Waals surface area contributed by atoms with Crippen molar-refractivity contribution in [2.24, 2.45) is 5.10 Å². The number of ether oxygens (including phenoxy) is 1. The van der Waals surface area contributed by atoms with E-state index in [0.717, 1.165) is 11.3 Å². The lowest BCUT2D eigenvalue weighted by Gasteiger charge is -2.23. The van der Waals surface area contributed by atoms with Crippen LogP contribution in [0.15, 0.2) is 29.4 Å². The molecule has 1 aromatic rings. The second kappa shape index (κ2) is 7.91. The van der Waals surface area contributed by atoms with E-state index in [1.54, 1.807) is 19.2 Å². The number of carbonyl (C=O) groups excluding carboxylic acids is 2. The molecule has 0 bridgehead atoms. The summed E-state index contributed by atoms with van der Waals surface area (Å²) in [6, 6.07) is 7.26. The van der Waals surface area contributed by atoms with Gasteiger partial charge in [-0.25, -0.2) is 5.01 Å². The highest BCUT2D eigenvalue weighted by molar-refractivity contribution is 6.30. The van der Waals surface area contributed by atoms with Gasteiger partial charge in [-0.1, -0.05) is 23.7 Å². The first-order valence-corrected chi connectivity index (χ1v) is 7.37. The van der Waals surface area contributed by atoms with Gasteiger partial charge in [-0.2, -0.15) is 5.10 Å². The molecule has 0 fully saturated rings. The number of carbonyl (C=O) groups is 2. The van der Waals surface area contributed by atoms with Crippen LogP contribution >= 0.6 is 11.6 Å². The second-order valence-electron chi connectivity index (χ2n) is 4.85. The molecule has 0 saturated heterocycles.